The molecule has 0 unspecified atom stereocenters. The normalized spacial score (nSPS) is 19.1. The van der Waals surface area contributed by atoms with Crippen molar-refractivity contribution in [3.63, 3.8) is 0 Å². The van der Waals surface area contributed by atoms with Crippen LogP contribution in [0.25, 0.3) is 0 Å². The summed E-state index contributed by atoms with van der Waals surface area (Å²) < 4.78 is 19.3. The maximum Gasteiger partial charge on any atom is 0.169 e. The van der Waals surface area contributed by atoms with Crippen LogP contribution in [0.4, 0.5) is 4.39 Å². The first-order chi connectivity index (χ1) is 10.2. The molecule has 1 saturated heterocycles. The van der Waals surface area contributed by atoms with Crippen molar-refractivity contribution < 1.29 is 9.13 Å². The molecular weight excluding hydrogens is 269 g/mol. The predicted molar refractivity (Wildman–Crippen MR) is 78.7 cm³/mol. The maximum absolute atomic E-state index is 14.3. The summed E-state index contributed by atoms with van der Waals surface area (Å²) in [5, 5.41) is 0. The molecule has 0 radical (unpaired) electrons. The van der Waals surface area contributed by atoms with Crippen LogP contribution >= 0.6 is 0 Å². The second-order valence-corrected chi connectivity index (χ2v) is 5.51. The maximum atomic E-state index is 14.3. The quantitative estimate of drug-likeness (QED) is 0.939. The highest BCUT2D eigenvalue weighted by Crippen LogP contribution is 2.32. The van der Waals surface area contributed by atoms with Gasteiger partial charge in [-0.25, -0.2) is 9.37 Å². The molecule has 4 nitrogen and oxygen atoms in total. The van der Waals surface area contributed by atoms with Gasteiger partial charge in [0.25, 0.3) is 0 Å². The Hall–Kier alpha value is -1.88. The van der Waals surface area contributed by atoms with Crippen LogP contribution in [0.1, 0.15) is 36.0 Å². The van der Waals surface area contributed by atoms with Crippen LogP contribution in [0.15, 0.2) is 24.4 Å². The molecule has 2 heterocycles. The van der Waals surface area contributed by atoms with Crippen LogP contribution < -0.4 is 4.74 Å². The van der Waals surface area contributed by atoms with E-state index in [2.05, 4.69) is 14.9 Å². The van der Waals surface area contributed by atoms with Gasteiger partial charge in [-0.15, -0.1) is 0 Å². The van der Waals surface area contributed by atoms with Crippen molar-refractivity contribution in [3.05, 3.63) is 47.3 Å². The lowest BCUT2D eigenvalue weighted by Crippen LogP contribution is -2.24. The molecule has 1 fully saturated rings. The molecule has 5 heteroatoms. The molecule has 112 valence electrons. The summed E-state index contributed by atoms with van der Waals surface area (Å²) in [6.45, 7) is 3.53. The summed E-state index contributed by atoms with van der Waals surface area (Å²) in [4.78, 5) is 10.0. The number of hydrogen-bond donors (Lipinski definition) is 1. The molecule has 0 spiro atoms. The molecule has 1 aromatic carbocycles. The van der Waals surface area contributed by atoms with E-state index in [-0.39, 0.29) is 11.9 Å². The average molecular weight is 289 g/mol. The molecule has 1 aliphatic rings. The summed E-state index contributed by atoms with van der Waals surface area (Å²) in [5.74, 6) is 1.02. The first kappa shape index (κ1) is 14.1. The van der Waals surface area contributed by atoms with E-state index in [0.717, 1.165) is 30.9 Å². The third-order valence-electron chi connectivity index (χ3n) is 4.04. The minimum Gasteiger partial charge on any atom is -0.494 e. The Kier molecular flexibility index (Phi) is 3.92. The number of ether oxygens (including phenoxy) is 1. The second kappa shape index (κ2) is 5.85. The van der Waals surface area contributed by atoms with E-state index in [9.17, 15) is 4.39 Å². The lowest BCUT2D eigenvalue weighted by atomic mass is 10.1. The molecule has 1 aromatic heterocycles. The van der Waals surface area contributed by atoms with Crippen LogP contribution in [0.3, 0.4) is 0 Å². The minimum absolute atomic E-state index is 0.240. The topological polar surface area (TPSA) is 41.1 Å². The van der Waals surface area contributed by atoms with Gasteiger partial charge in [-0.2, -0.15) is 0 Å². The van der Waals surface area contributed by atoms with Crippen molar-refractivity contribution in [3.8, 4) is 5.75 Å². The molecule has 21 heavy (non-hydrogen) atoms. The lowest BCUT2D eigenvalue weighted by molar-refractivity contribution is 0.236. The number of rotatable bonds is 4. The number of likely N-dealkylation sites (tertiary alicyclic amines) is 1. The van der Waals surface area contributed by atoms with Crippen molar-refractivity contribution >= 4 is 0 Å². The summed E-state index contributed by atoms with van der Waals surface area (Å²) in [5.41, 5.74) is 1.73. The monoisotopic (exact) mass is 289 g/mol. The van der Waals surface area contributed by atoms with Gasteiger partial charge < -0.3 is 9.72 Å². The van der Waals surface area contributed by atoms with Gasteiger partial charge in [-0.1, -0.05) is 12.1 Å². The number of aromatic nitrogens is 2. The average Bonchev–Trinajstić information content (AvgIpc) is 3.10. The van der Waals surface area contributed by atoms with Crippen molar-refractivity contribution in [1.82, 2.24) is 14.9 Å². The largest absolute Gasteiger partial charge is 0.494 e. The van der Waals surface area contributed by atoms with Crippen molar-refractivity contribution in [2.24, 2.45) is 0 Å². The van der Waals surface area contributed by atoms with E-state index >= 15 is 0 Å². The number of H-pyrrole nitrogens is 1. The number of aryl methyl sites for hydroxylation is 1. The van der Waals surface area contributed by atoms with Crippen LogP contribution in [0.2, 0.25) is 0 Å². The Morgan fingerprint density at radius 2 is 2.33 bits per heavy atom. The van der Waals surface area contributed by atoms with Crippen LogP contribution in [-0.4, -0.2) is 28.5 Å². The molecule has 0 saturated carbocycles. The molecule has 1 aliphatic heterocycles. The van der Waals surface area contributed by atoms with E-state index in [1.807, 2.05) is 25.3 Å². The Bertz CT molecular complexity index is 626. The highest BCUT2D eigenvalue weighted by atomic mass is 19.1. The number of methoxy groups -OCH3 is 1. The highest BCUT2D eigenvalue weighted by molar-refractivity contribution is 5.31. The summed E-state index contributed by atoms with van der Waals surface area (Å²) >= 11 is 0. The lowest BCUT2D eigenvalue weighted by Gasteiger charge is -2.23. The van der Waals surface area contributed by atoms with Gasteiger partial charge in [0, 0.05) is 24.0 Å². The molecule has 0 bridgehead atoms. The van der Waals surface area contributed by atoms with Crippen LogP contribution in [-0.2, 0) is 6.54 Å². The van der Waals surface area contributed by atoms with Crippen molar-refractivity contribution in [2.75, 3.05) is 13.7 Å². The number of halogens is 1. The zero-order chi connectivity index (χ0) is 14.8. The van der Waals surface area contributed by atoms with E-state index in [4.69, 9.17) is 4.74 Å². The van der Waals surface area contributed by atoms with E-state index in [1.54, 1.807) is 6.07 Å². The highest BCUT2D eigenvalue weighted by Gasteiger charge is 2.28. The number of aromatic amines is 1. The van der Waals surface area contributed by atoms with E-state index in [0.29, 0.717) is 17.9 Å². The van der Waals surface area contributed by atoms with Gasteiger partial charge in [0.05, 0.1) is 13.2 Å². The van der Waals surface area contributed by atoms with Gasteiger partial charge in [-0.05, 0) is 32.4 Å². The summed E-state index contributed by atoms with van der Waals surface area (Å²) in [6, 6.07) is 5.54. The van der Waals surface area contributed by atoms with Crippen molar-refractivity contribution in [1.29, 1.82) is 0 Å². The fraction of sp³-hybridized carbons (Fsp3) is 0.438. The molecule has 1 atom stereocenters. The van der Waals surface area contributed by atoms with Crippen LogP contribution in [0, 0.1) is 12.7 Å². The van der Waals surface area contributed by atoms with E-state index < -0.39 is 0 Å². The van der Waals surface area contributed by atoms with Gasteiger partial charge in [-0.3, -0.25) is 4.90 Å². The first-order valence-electron chi connectivity index (χ1n) is 7.26. The number of benzene rings is 1. The van der Waals surface area contributed by atoms with Gasteiger partial charge >= 0.3 is 0 Å². The second-order valence-electron chi connectivity index (χ2n) is 5.51. The molecular formula is C16H20FN3O. The summed E-state index contributed by atoms with van der Waals surface area (Å²) in [7, 11) is 1.49. The Balaban J connectivity index is 1.81. The zero-order valence-corrected chi connectivity index (χ0v) is 12.4. The number of imidazole rings is 1. The minimum atomic E-state index is -0.263. The SMILES string of the molecule is COc1cccc(CN2CCC[C@H]2c2ncc(C)[nH]2)c1F. The third kappa shape index (κ3) is 2.78. The standard InChI is InChI=1S/C16H20FN3O/c1-11-9-18-16(19-11)13-6-4-8-20(13)10-12-5-3-7-14(21-2)15(12)17/h3,5,7,9,13H,4,6,8,10H2,1-2H3,(H,18,19)/t13-/m0/s1. The number of nitrogens with one attached hydrogen (secondary N) is 1. The fourth-order valence-electron chi connectivity index (χ4n) is 2.98. The van der Waals surface area contributed by atoms with Crippen molar-refractivity contribution in [2.45, 2.75) is 32.4 Å². The van der Waals surface area contributed by atoms with Gasteiger partial charge in [0.15, 0.2) is 11.6 Å². The molecule has 0 amide bonds. The Labute approximate surface area is 124 Å². The molecule has 3 rings (SSSR count). The fourth-order valence-corrected chi connectivity index (χ4v) is 2.98. The number of nitrogens with zero attached hydrogens (tertiary/aromatic N) is 2. The zero-order valence-electron chi connectivity index (χ0n) is 12.4. The summed E-state index contributed by atoms with van der Waals surface area (Å²) in [6.07, 6.45) is 4.01. The Morgan fingerprint density at radius 3 is 3.05 bits per heavy atom. The number of hydrogen-bond acceptors (Lipinski definition) is 3. The molecule has 0 aliphatic carbocycles. The molecule has 2 aromatic rings. The van der Waals surface area contributed by atoms with E-state index in [1.165, 1.54) is 7.11 Å². The smallest absolute Gasteiger partial charge is 0.169 e. The predicted octanol–water partition coefficient (Wildman–Crippen LogP) is 3.20. The van der Waals surface area contributed by atoms with Crippen LogP contribution in [0.5, 0.6) is 5.75 Å². The Morgan fingerprint density at radius 1 is 1.48 bits per heavy atom. The van der Waals surface area contributed by atoms with Gasteiger partial charge in [0.1, 0.15) is 5.82 Å². The van der Waals surface area contributed by atoms with Gasteiger partial charge in [0.2, 0.25) is 0 Å². The molecule has 1 N–H and O–H groups in total. The first-order valence-corrected chi connectivity index (χ1v) is 7.26. The third-order valence-corrected chi connectivity index (χ3v) is 4.04.